The molecule has 0 atom stereocenters. The number of aromatic nitrogens is 1. The fraction of sp³-hybridized carbons (Fsp3) is 0.632. The summed E-state index contributed by atoms with van der Waals surface area (Å²) in [7, 11) is 0. The van der Waals surface area contributed by atoms with Crippen molar-refractivity contribution in [2.45, 2.75) is 65.3 Å². The number of hydrogen-bond donors (Lipinski definition) is 3. The molecule has 1 aliphatic rings. The number of rotatable bonds is 7. The molecule has 1 fully saturated rings. The van der Waals surface area contributed by atoms with E-state index in [9.17, 15) is 14.4 Å². The molecule has 0 spiro atoms. The minimum Gasteiger partial charge on any atom is -0.462 e. The van der Waals surface area contributed by atoms with E-state index in [0.717, 1.165) is 25.7 Å². The van der Waals surface area contributed by atoms with E-state index >= 15 is 0 Å². The van der Waals surface area contributed by atoms with Crippen molar-refractivity contribution in [2.24, 2.45) is 0 Å². The highest BCUT2D eigenvalue weighted by molar-refractivity contribution is 6.00. The predicted molar refractivity (Wildman–Crippen MR) is 98.2 cm³/mol. The maximum Gasteiger partial charge on any atom is 0.340 e. The number of aryl methyl sites for hydroxylation is 1. The van der Waals surface area contributed by atoms with Crippen molar-refractivity contribution in [3.8, 4) is 0 Å². The van der Waals surface area contributed by atoms with E-state index < -0.39 is 5.97 Å². The summed E-state index contributed by atoms with van der Waals surface area (Å²) < 4.78 is 5.02. The lowest BCUT2D eigenvalue weighted by molar-refractivity contribution is -0.121. The van der Waals surface area contributed by atoms with E-state index in [2.05, 4.69) is 15.6 Å². The first-order chi connectivity index (χ1) is 12.4. The second-order valence-corrected chi connectivity index (χ2v) is 6.75. The van der Waals surface area contributed by atoms with Gasteiger partial charge in [0, 0.05) is 24.7 Å². The first kappa shape index (κ1) is 20.0. The summed E-state index contributed by atoms with van der Waals surface area (Å²) in [6.07, 6.45) is 5.88. The summed E-state index contributed by atoms with van der Waals surface area (Å²) in [5, 5.41) is 5.76. The van der Waals surface area contributed by atoms with Gasteiger partial charge in [-0.05, 0) is 39.2 Å². The Morgan fingerprint density at radius 3 is 2.50 bits per heavy atom. The van der Waals surface area contributed by atoms with E-state index in [1.54, 1.807) is 20.8 Å². The van der Waals surface area contributed by atoms with Gasteiger partial charge in [-0.25, -0.2) is 4.79 Å². The monoisotopic (exact) mass is 363 g/mol. The molecule has 7 nitrogen and oxygen atoms in total. The maximum absolute atomic E-state index is 12.4. The summed E-state index contributed by atoms with van der Waals surface area (Å²) >= 11 is 0. The standard InChI is InChI=1S/C19H29N3O4/c1-4-26-19(25)16-12(2)17(21-13(16)3)18(24)20-11-10-15(23)22-14-8-6-5-7-9-14/h14,21H,4-11H2,1-3H3,(H,20,24)(H,22,23). The molecule has 0 aliphatic heterocycles. The van der Waals surface area contributed by atoms with Crippen LogP contribution < -0.4 is 10.6 Å². The number of aromatic amines is 1. The third kappa shape index (κ3) is 5.09. The molecule has 144 valence electrons. The molecular weight excluding hydrogens is 334 g/mol. The van der Waals surface area contributed by atoms with Gasteiger partial charge < -0.3 is 20.4 Å². The van der Waals surface area contributed by atoms with Crippen LogP contribution in [-0.2, 0) is 9.53 Å². The highest BCUT2D eigenvalue weighted by Crippen LogP contribution is 2.19. The van der Waals surface area contributed by atoms with Crippen LogP contribution in [0.3, 0.4) is 0 Å². The molecule has 0 unspecified atom stereocenters. The molecule has 0 bridgehead atoms. The highest BCUT2D eigenvalue weighted by Gasteiger charge is 2.23. The van der Waals surface area contributed by atoms with Crippen molar-refractivity contribution in [3.63, 3.8) is 0 Å². The van der Waals surface area contributed by atoms with Crippen LogP contribution in [0.15, 0.2) is 0 Å². The average molecular weight is 363 g/mol. The van der Waals surface area contributed by atoms with Gasteiger partial charge in [0.2, 0.25) is 5.91 Å². The number of esters is 1. The molecule has 1 aromatic rings. The first-order valence-electron chi connectivity index (χ1n) is 9.37. The second-order valence-electron chi connectivity index (χ2n) is 6.75. The van der Waals surface area contributed by atoms with Crippen molar-refractivity contribution in [1.82, 2.24) is 15.6 Å². The number of carbonyl (C=O) groups excluding carboxylic acids is 3. The highest BCUT2D eigenvalue weighted by atomic mass is 16.5. The number of amides is 2. The smallest absolute Gasteiger partial charge is 0.340 e. The van der Waals surface area contributed by atoms with Crippen LogP contribution in [-0.4, -0.2) is 42.0 Å². The first-order valence-corrected chi connectivity index (χ1v) is 9.37. The quantitative estimate of drug-likeness (QED) is 0.648. The van der Waals surface area contributed by atoms with E-state index in [0.29, 0.717) is 22.5 Å². The molecule has 0 aromatic carbocycles. The molecule has 0 radical (unpaired) electrons. The van der Waals surface area contributed by atoms with E-state index in [1.807, 2.05) is 0 Å². The molecule has 1 saturated carbocycles. The summed E-state index contributed by atoms with van der Waals surface area (Å²) in [4.78, 5) is 39.3. The molecule has 1 aliphatic carbocycles. The van der Waals surface area contributed by atoms with Crippen molar-refractivity contribution in [2.75, 3.05) is 13.2 Å². The zero-order valence-corrected chi connectivity index (χ0v) is 15.9. The van der Waals surface area contributed by atoms with E-state index in [1.165, 1.54) is 6.42 Å². The molecule has 26 heavy (non-hydrogen) atoms. The Hall–Kier alpha value is -2.31. The maximum atomic E-state index is 12.4. The molecule has 2 amide bonds. The van der Waals surface area contributed by atoms with Gasteiger partial charge in [-0.3, -0.25) is 9.59 Å². The van der Waals surface area contributed by atoms with Crippen LogP contribution in [0.2, 0.25) is 0 Å². The molecule has 2 rings (SSSR count). The number of hydrogen-bond acceptors (Lipinski definition) is 4. The fourth-order valence-corrected chi connectivity index (χ4v) is 3.41. The number of ether oxygens (including phenoxy) is 1. The van der Waals surface area contributed by atoms with Crippen LogP contribution in [0.5, 0.6) is 0 Å². The normalized spacial score (nSPS) is 14.7. The molecule has 1 aromatic heterocycles. The third-order valence-electron chi connectivity index (χ3n) is 4.75. The Bertz CT molecular complexity index is 660. The number of nitrogens with one attached hydrogen (secondary N) is 3. The van der Waals surface area contributed by atoms with Crippen LogP contribution in [0, 0.1) is 13.8 Å². The van der Waals surface area contributed by atoms with Gasteiger partial charge in [0.05, 0.1) is 12.2 Å². The number of carbonyl (C=O) groups is 3. The Balaban J connectivity index is 1.85. The largest absolute Gasteiger partial charge is 0.462 e. The van der Waals surface area contributed by atoms with Gasteiger partial charge in [0.25, 0.3) is 5.91 Å². The van der Waals surface area contributed by atoms with Gasteiger partial charge in [-0.15, -0.1) is 0 Å². The minimum atomic E-state index is -0.440. The Morgan fingerprint density at radius 1 is 1.15 bits per heavy atom. The summed E-state index contributed by atoms with van der Waals surface area (Å²) in [5.74, 6) is -0.805. The fourth-order valence-electron chi connectivity index (χ4n) is 3.41. The van der Waals surface area contributed by atoms with E-state index in [-0.39, 0.29) is 37.4 Å². The third-order valence-corrected chi connectivity index (χ3v) is 4.75. The van der Waals surface area contributed by atoms with Gasteiger partial charge in [-0.1, -0.05) is 19.3 Å². The van der Waals surface area contributed by atoms with Crippen molar-refractivity contribution in [1.29, 1.82) is 0 Å². The summed E-state index contributed by atoms with van der Waals surface area (Å²) in [5.41, 5.74) is 1.89. The average Bonchev–Trinajstić information content (AvgIpc) is 2.90. The van der Waals surface area contributed by atoms with Crippen LogP contribution >= 0.6 is 0 Å². The van der Waals surface area contributed by atoms with Gasteiger partial charge in [0.1, 0.15) is 5.69 Å². The van der Waals surface area contributed by atoms with Crippen molar-refractivity contribution < 1.29 is 19.1 Å². The van der Waals surface area contributed by atoms with Crippen molar-refractivity contribution >= 4 is 17.8 Å². The lowest BCUT2D eigenvalue weighted by Crippen LogP contribution is -2.38. The van der Waals surface area contributed by atoms with Crippen LogP contribution in [0.25, 0.3) is 0 Å². The molecule has 7 heteroatoms. The Kier molecular flexibility index (Phi) is 7.24. The van der Waals surface area contributed by atoms with E-state index in [4.69, 9.17) is 4.74 Å². The van der Waals surface area contributed by atoms with Gasteiger partial charge >= 0.3 is 5.97 Å². The zero-order valence-electron chi connectivity index (χ0n) is 15.9. The van der Waals surface area contributed by atoms with Crippen LogP contribution in [0.4, 0.5) is 0 Å². The topological polar surface area (TPSA) is 100 Å². The zero-order chi connectivity index (χ0) is 19.1. The lowest BCUT2D eigenvalue weighted by atomic mass is 9.95. The molecular formula is C19H29N3O4. The predicted octanol–water partition coefficient (Wildman–Crippen LogP) is 2.38. The Morgan fingerprint density at radius 2 is 1.85 bits per heavy atom. The van der Waals surface area contributed by atoms with Crippen LogP contribution in [0.1, 0.15) is 77.6 Å². The van der Waals surface area contributed by atoms with Gasteiger partial charge in [-0.2, -0.15) is 0 Å². The molecule has 0 saturated heterocycles. The summed E-state index contributed by atoms with van der Waals surface area (Å²) in [6.45, 7) is 5.71. The van der Waals surface area contributed by atoms with Crippen molar-refractivity contribution in [3.05, 3.63) is 22.5 Å². The lowest BCUT2D eigenvalue weighted by Gasteiger charge is -2.22. The molecule has 3 N–H and O–H groups in total. The van der Waals surface area contributed by atoms with Gasteiger partial charge in [0.15, 0.2) is 0 Å². The molecule has 1 heterocycles. The summed E-state index contributed by atoms with van der Waals surface area (Å²) in [6, 6.07) is 0.271. The number of H-pyrrole nitrogens is 1. The minimum absolute atomic E-state index is 0.0381. The second kappa shape index (κ2) is 9.40. The Labute approximate surface area is 154 Å². The SMILES string of the molecule is CCOC(=O)c1c(C)[nH]c(C(=O)NCCC(=O)NC2CCCCC2)c1C.